The van der Waals surface area contributed by atoms with Crippen LogP contribution in [0.5, 0.6) is 0 Å². The number of halogens is 1. The molecular formula is C96H57ClN8. The highest BCUT2D eigenvalue weighted by atomic mass is 35.5. The van der Waals surface area contributed by atoms with Crippen LogP contribution >= 0.6 is 11.6 Å². The van der Waals surface area contributed by atoms with E-state index < -0.39 is 0 Å². The zero-order valence-electron chi connectivity index (χ0n) is 56.3. The third-order valence-corrected chi connectivity index (χ3v) is 21.8. The lowest BCUT2D eigenvalue weighted by Crippen LogP contribution is -2.03. The molecule has 0 atom stereocenters. The van der Waals surface area contributed by atoms with Gasteiger partial charge in [0, 0.05) is 97.6 Å². The van der Waals surface area contributed by atoms with Gasteiger partial charge in [-0.25, -0.2) is 19.9 Å². The lowest BCUT2D eigenvalue weighted by atomic mass is 9.99. The highest BCUT2D eigenvalue weighted by Crippen LogP contribution is 2.49. The van der Waals surface area contributed by atoms with Gasteiger partial charge in [0.05, 0.1) is 66.6 Å². The summed E-state index contributed by atoms with van der Waals surface area (Å²) in [4.78, 5) is 23.3. The molecule has 8 aromatic heterocycles. The molecule has 0 radical (unpaired) electrons. The van der Waals surface area contributed by atoms with Crippen molar-refractivity contribution in [1.82, 2.24) is 38.3 Å². The van der Waals surface area contributed by atoms with Crippen molar-refractivity contribution in [3.8, 4) is 50.7 Å². The van der Waals surface area contributed by atoms with Crippen LogP contribution in [0.4, 0.5) is 0 Å². The molecule has 24 rings (SSSR count). The van der Waals surface area contributed by atoms with Gasteiger partial charge in [-0.3, -0.25) is 4.57 Å². The molecule has 24 aromatic rings. The summed E-state index contributed by atoms with van der Waals surface area (Å²) < 4.78 is 7.22. The summed E-state index contributed by atoms with van der Waals surface area (Å²) in [6.45, 7) is 0. The number of nitrogens with zero attached hydrogens (tertiary/aromatic N) is 7. The van der Waals surface area contributed by atoms with Crippen molar-refractivity contribution in [1.29, 1.82) is 0 Å². The van der Waals surface area contributed by atoms with Gasteiger partial charge in [0.2, 0.25) is 11.2 Å². The first kappa shape index (κ1) is 59.0. The summed E-state index contributed by atoms with van der Waals surface area (Å²) in [6, 6.07) is 121. The fourth-order valence-corrected chi connectivity index (χ4v) is 17.3. The minimum Gasteiger partial charge on any atom is -0.354 e. The largest absolute Gasteiger partial charge is 0.354 e. The Morgan fingerprint density at radius 3 is 1.26 bits per heavy atom. The molecule has 16 aromatic carbocycles. The number of fused-ring (bicyclic) bond motifs is 24. The number of H-pyrrole nitrogens is 1. The van der Waals surface area contributed by atoms with Crippen LogP contribution in [0.1, 0.15) is 0 Å². The molecule has 0 bridgehead atoms. The van der Waals surface area contributed by atoms with Crippen molar-refractivity contribution in [2.75, 3.05) is 0 Å². The quantitative estimate of drug-likeness (QED) is 0.174. The van der Waals surface area contributed by atoms with Gasteiger partial charge < -0.3 is 13.8 Å². The third-order valence-electron chi connectivity index (χ3n) is 21.7. The molecule has 488 valence electrons. The SMILES string of the molecule is Clc1nc(-c2ccc3ccccc3c2)c2ccccc2n1.c1ccc(-c2ccc3[nH]c4cc5c6ccccc6n6c7ccccc7c(c4c3c2)c56)cc1.c1ccc(-c2ccc3c(c2)c2c4c5ccccc5n5c6ccccc6c(cc2n3-c2nc(-c3ccc6ccccc6c3)c3ccccc3n2)c45)cc1. The summed E-state index contributed by atoms with van der Waals surface area (Å²) in [5, 5.41) is 22.4. The average Bonchev–Trinajstić information content (AvgIpc) is 1.52. The Morgan fingerprint density at radius 1 is 0.238 bits per heavy atom. The first-order valence-corrected chi connectivity index (χ1v) is 35.9. The monoisotopic (exact) mass is 1360 g/mol. The van der Waals surface area contributed by atoms with Crippen LogP contribution in [0.2, 0.25) is 5.28 Å². The van der Waals surface area contributed by atoms with Gasteiger partial charge in [-0.05, 0) is 140 Å². The van der Waals surface area contributed by atoms with E-state index in [4.69, 9.17) is 21.6 Å². The van der Waals surface area contributed by atoms with Gasteiger partial charge in [0.25, 0.3) is 0 Å². The molecule has 0 aliphatic carbocycles. The van der Waals surface area contributed by atoms with Gasteiger partial charge in [-0.15, -0.1) is 0 Å². The normalized spacial score (nSPS) is 12.0. The van der Waals surface area contributed by atoms with Gasteiger partial charge in [0.15, 0.2) is 0 Å². The van der Waals surface area contributed by atoms with E-state index in [1.807, 2.05) is 36.4 Å². The van der Waals surface area contributed by atoms with Gasteiger partial charge in [0.1, 0.15) is 0 Å². The molecular weight excluding hydrogens is 1300 g/mol. The lowest BCUT2D eigenvalue weighted by molar-refractivity contribution is 1.01. The second kappa shape index (κ2) is 23.1. The van der Waals surface area contributed by atoms with E-state index in [9.17, 15) is 0 Å². The molecule has 0 fully saturated rings. The van der Waals surface area contributed by atoms with Crippen LogP contribution < -0.4 is 0 Å². The first-order valence-electron chi connectivity index (χ1n) is 35.5. The molecule has 0 unspecified atom stereocenters. The van der Waals surface area contributed by atoms with Crippen molar-refractivity contribution in [3.63, 3.8) is 0 Å². The number of para-hydroxylation sites is 6. The Labute approximate surface area is 604 Å². The van der Waals surface area contributed by atoms with Gasteiger partial charge in [-0.2, -0.15) is 0 Å². The Bertz CT molecular complexity index is 7680. The minimum absolute atomic E-state index is 0.275. The fraction of sp³-hybridized carbons (Fsp3) is 0. The first-order chi connectivity index (χ1) is 52.0. The van der Waals surface area contributed by atoms with Gasteiger partial charge >= 0.3 is 0 Å². The zero-order chi connectivity index (χ0) is 69.0. The van der Waals surface area contributed by atoms with Crippen LogP contribution in [-0.2, 0) is 0 Å². The predicted molar refractivity (Wildman–Crippen MR) is 440 cm³/mol. The Balaban J connectivity index is 0.000000110. The number of aromatic nitrogens is 8. The number of benzene rings is 16. The second-order valence-electron chi connectivity index (χ2n) is 27.4. The summed E-state index contributed by atoms with van der Waals surface area (Å²) in [5.41, 5.74) is 22.7. The van der Waals surface area contributed by atoms with E-state index >= 15 is 0 Å². The summed E-state index contributed by atoms with van der Waals surface area (Å²) in [7, 11) is 0. The number of hydrogen-bond donors (Lipinski definition) is 1. The summed E-state index contributed by atoms with van der Waals surface area (Å²) in [6.07, 6.45) is 0. The second-order valence-corrected chi connectivity index (χ2v) is 27.7. The lowest BCUT2D eigenvalue weighted by Gasteiger charge is -2.12. The van der Waals surface area contributed by atoms with Crippen LogP contribution in [0.3, 0.4) is 0 Å². The number of nitrogens with one attached hydrogen (secondary N) is 1. The molecule has 0 saturated carbocycles. The van der Waals surface area contributed by atoms with Crippen LogP contribution in [0, 0.1) is 0 Å². The molecule has 105 heavy (non-hydrogen) atoms. The number of rotatable bonds is 5. The number of hydrogen-bond acceptors (Lipinski definition) is 4. The van der Waals surface area contributed by atoms with Crippen molar-refractivity contribution in [3.05, 3.63) is 345 Å². The van der Waals surface area contributed by atoms with Crippen LogP contribution in [-0.4, -0.2) is 38.3 Å². The third kappa shape index (κ3) is 9.07. The Hall–Kier alpha value is -13.8. The maximum atomic E-state index is 6.07. The van der Waals surface area contributed by atoms with Crippen molar-refractivity contribution >= 4 is 175 Å². The maximum Gasteiger partial charge on any atom is 0.235 e. The summed E-state index contributed by atoms with van der Waals surface area (Å²) >= 11 is 6.07. The van der Waals surface area contributed by atoms with Crippen molar-refractivity contribution in [2.24, 2.45) is 0 Å². The van der Waals surface area contributed by atoms with E-state index in [1.165, 1.54) is 153 Å². The van der Waals surface area contributed by atoms with E-state index in [-0.39, 0.29) is 5.28 Å². The Morgan fingerprint density at radius 2 is 0.676 bits per heavy atom. The maximum absolute atomic E-state index is 6.07. The van der Waals surface area contributed by atoms with E-state index in [2.05, 4.69) is 332 Å². The zero-order valence-corrected chi connectivity index (χ0v) is 57.1. The molecule has 0 saturated heterocycles. The Kier molecular flexibility index (Phi) is 13.0. The van der Waals surface area contributed by atoms with E-state index in [0.717, 1.165) is 55.4 Å². The molecule has 0 aliphatic rings. The standard InChI is InChI=1S/C48H28N4.C30H18N2.C18H11ClN2/c1-2-12-29(13-3-1)32-24-25-42-38(27-32)44-43(28-37-34-16-7-10-20-40(34)51-41-21-11-8-18-36(41)45(44)47(37)51)52(42)48-49-39-19-9-6-17-35(39)46(50-48)33-23-22-30-14-4-5-15-31(30)26-33;1-2-8-18(9-3-1)19-14-15-24-23(16-19)28-25(31-24)17-22-20-10-4-6-12-26(20)32-27-13-7-5-11-21(27)29(28)30(22)32;19-18-20-16-8-4-3-7-15(16)17(21-18)14-10-9-12-5-1-2-6-13(12)11-14/h1-28H;1-17,31H;1-11H. The minimum atomic E-state index is 0.275. The number of aromatic amines is 1. The van der Waals surface area contributed by atoms with Gasteiger partial charge in [-0.1, -0.05) is 255 Å². The van der Waals surface area contributed by atoms with Crippen molar-refractivity contribution in [2.45, 2.75) is 0 Å². The summed E-state index contributed by atoms with van der Waals surface area (Å²) in [5.74, 6) is 0.663. The predicted octanol–water partition coefficient (Wildman–Crippen LogP) is 25.6. The molecule has 1 N–H and O–H groups in total. The highest BCUT2D eigenvalue weighted by Gasteiger charge is 2.27. The molecule has 8 nitrogen and oxygen atoms in total. The fourth-order valence-electron chi connectivity index (χ4n) is 17.1. The molecule has 0 spiro atoms. The molecule has 0 aliphatic heterocycles. The molecule has 0 amide bonds. The smallest absolute Gasteiger partial charge is 0.235 e. The van der Waals surface area contributed by atoms with E-state index in [1.54, 1.807) is 0 Å². The van der Waals surface area contributed by atoms with Crippen molar-refractivity contribution < 1.29 is 0 Å². The molecule has 9 heteroatoms. The van der Waals surface area contributed by atoms with Crippen LogP contribution in [0.15, 0.2) is 340 Å². The molecule has 8 heterocycles. The van der Waals surface area contributed by atoms with E-state index in [0.29, 0.717) is 5.95 Å². The average molecular weight is 1360 g/mol. The topological polar surface area (TPSA) is 81.1 Å². The highest BCUT2D eigenvalue weighted by molar-refractivity contribution is 6.37. The van der Waals surface area contributed by atoms with Crippen LogP contribution in [0.25, 0.3) is 214 Å².